The van der Waals surface area contributed by atoms with Gasteiger partial charge in [0.05, 0.1) is 6.04 Å². The SMILES string of the molecule is OC1(C2Cc3ccccc3OO2)NCCN2CCC21. The molecular formula is C14H18N2O3. The molecule has 19 heavy (non-hydrogen) atoms. The number of fused-ring (bicyclic) bond motifs is 2. The van der Waals surface area contributed by atoms with Crippen LogP contribution in [0, 0.1) is 0 Å². The van der Waals surface area contributed by atoms with Crippen LogP contribution in [0.3, 0.4) is 0 Å². The lowest BCUT2D eigenvalue weighted by molar-refractivity contribution is -0.320. The fourth-order valence-electron chi connectivity index (χ4n) is 3.38. The van der Waals surface area contributed by atoms with Gasteiger partial charge < -0.3 is 9.99 Å². The van der Waals surface area contributed by atoms with E-state index in [4.69, 9.17) is 9.78 Å². The second kappa shape index (κ2) is 4.18. The van der Waals surface area contributed by atoms with Gasteiger partial charge in [-0.3, -0.25) is 10.2 Å². The van der Waals surface area contributed by atoms with Gasteiger partial charge in [-0.2, -0.15) is 4.89 Å². The molecule has 0 aliphatic carbocycles. The number of nitrogens with one attached hydrogen (secondary N) is 1. The molecule has 5 heteroatoms. The van der Waals surface area contributed by atoms with Gasteiger partial charge in [-0.25, -0.2) is 0 Å². The molecule has 3 aliphatic rings. The van der Waals surface area contributed by atoms with Crippen molar-refractivity contribution in [3.05, 3.63) is 29.8 Å². The first-order chi connectivity index (χ1) is 9.27. The molecule has 2 N–H and O–H groups in total. The van der Waals surface area contributed by atoms with Crippen LogP contribution in [0.2, 0.25) is 0 Å². The summed E-state index contributed by atoms with van der Waals surface area (Å²) in [6, 6.07) is 7.96. The highest BCUT2D eigenvalue weighted by Crippen LogP contribution is 2.36. The molecule has 0 saturated carbocycles. The van der Waals surface area contributed by atoms with E-state index >= 15 is 0 Å². The number of hydrogen-bond donors (Lipinski definition) is 2. The third-order valence-electron chi connectivity index (χ3n) is 4.57. The number of piperazine rings is 1. The summed E-state index contributed by atoms with van der Waals surface area (Å²) >= 11 is 0. The lowest BCUT2D eigenvalue weighted by Crippen LogP contribution is -2.77. The van der Waals surface area contributed by atoms with Gasteiger partial charge in [-0.05, 0) is 12.5 Å². The summed E-state index contributed by atoms with van der Waals surface area (Å²) in [6.45, 7) is 2.85. The van der Waals surface area contributed by atoms with E-state index in [0.717, 1.165) is 37.4 Å². The predicted octanol–water partition coefficient (Wildman–Crippen LogP) is 0.288. The van der Waals surface area contributed by atoms with Crippen molar-refractivity contribution in [2.75, 3.05) is 19.6 Å². The Kier molecular flexibility index (Phi) is 2.57. The number of para-hydroxylation sites is 1. The summed E-state index contributed by atoms with van der Waals surface area (Å²) < 4.78 is 0. The number of hydrogen-bond acceptors (Lipinski definition) is 5. The smallest absolute Gasteiger partial charge is 0.168 e. The normalized spacial score (nSPS) is 37.7. The van der Waals surface area contributed by atoms with Gasteiger partial charge in [0.2, 0.25) is 0 Å². The van der Waals surface area contributed by atoms with Gasteiger partial charge >= 0.3 is 0 Å². The van der Waals surface area contributed by atoms with E-state index in [1.807, 2.05) is 24.3 Å². The summed E-state index contributed by atoms with van der Waals surface area (Å²) in [6.07, 6.45) is 1.31. The first-order valence-electron chi connectivity index (χ1n) is 6.90. The molecular weight excluding hydrogens is 244 g/mol. The minimum Gasteiger partial charge on any atom is -0.371 e. The fraction of sp³-hybridized carbons (Fsp3) is 0.571. The molecule has 2 saturated heterocycles. The average Bonchev–Trinajstić information content (AvgIpc) is 2.40. The fourth-order valence-corrected chi connectivity index (χ4v) is 3.38. The van der Waals surface area contributed by atoms with E-state index in [-0.39, 0.29) is 12.1 Å². The first kappa shape index (κ1) is 11.7. The molecule has 3 unspecified atom stereocenters. The zero-order valence-electron chi connectivity index (χ0n) is 10.7. The molecule has 0 radical (unpaired) electrons. The van der Waals surface area contributed by atoms with Crippen LogP contribution in [-0.4, -0.2) is 47.5 Å². The van der Waals surface area contributed by atoms with E-state index in [1.54, 1.807) is 0 Å². The quantitative estimate of drug-likeness (QED) is 0.712. The predicted molar refractivity (Wildman–Crippen MR) is 68.6 cm³/mol. The Hall–Kier alpha value is -1.14. The Balaban J connectivity index is 1.60. The van der Waals surface area contributed by atoms with Gasteiger partial charge in [0, 0.05) is 31.6 Å². The van der Waals surface area contributed by atoms with Crippen LogP contribution in [0.4, 0.5) is 0 Å². The molecule has 0 amide bonds. The van der Waals surface area contributed by atoms with E-state index in [0.29, 0.717) is 6.42 Å². The van der Waals surface area contributed by atoms with Crippen LogP contribution in [0.25, 0.3) is 0 Å². The maximum Gasteiger partial charge on any atom is 0.168 e. The van der Waals surface area contributed by atoms with Gasteiger partial charge in [0.15, 0.2) is 17.6 Å². The first-order valence-corrected chi connectivity index (χ1v) is 6.90. The van der Waals surface area contributed by atoms with Crippen molar-refractivity contribution < 1.29 is 14.9 Å². The van der Waals surface area contributed by atoms with Crippen molar-refractivity contribution in [2.45, 2.75) is 30.7 Å². The van der Waals surface area contributed by atoms with Gasteiger partial charge in [0.1, 0.15) is 0 Å². The number of benzene rings is 1. The van der Waals surface area contributed by atoms with Gasteiger partial charge in [-0.1, -0.05) is 18.2 Å². The maximum atomic E-state index is 11.0. The third kappa shape index (κ3) is 1.70. The van der Waals surface area contributed by atoms with Gasteiger partial charge in [0.25, 0.3) is 0 Å². The molecule has 1 aromatic carbocycles. The Bertz CT molecular complexity index is 495. The summed E-state index contributed by atoms with van der Waals surface area (Å²) in [5.74, 6) is 0.753. The molecule has 2 fully saturated rings. The molecule has 3 atom stereocenters. The molecule has 0 spiro atoms. The van der Waals surface area contributed by atoms with Crippen LogP contribution in [0.1, 0.15) is 12.0 Å². The van der Waals surface area contributed by atoms with Crippen LogP contribution < -0.4 is 10.2 Å². The largest absolute Gasteiger partial charge is 0.371 e. The van der Waals surface area contributed by atoms with E-state index < -0.39 is 5.72 Å². The van der Waals surface area contributed by atoms with Crippen LogP contribution in [0.15, 0.2) is 24.3 Å². The number of rotatable bonds is 1. The molecule has 102 valence electrons. The Labute approximate surface area is 112 Å². The highest BCUT2D eigenvalue weighted by Gasteiger charge is 2.54. The highest BCUT2D eigenvalue weighted by atomic mass is 17.2. The van der Waals surface area contributed by atoms with Crippen molar-refractivity contribution in [2.24, 2.45) is 0 Å². The molecule has 0 aromatic heterocycles. The lowest BCUT2D eigenvalue weighted by Gasteiger charge is -2.56. The third-order valence-corrected chi connectivity index (χ3v) is 4.57. The minimum atomic E-state index is -1.01. The second-order valence-electron chi connectivity index (χ2n) is 5.57. The van der Waals surface area contributed by atoms with Crippen molar-refractivity contribution in [1.82, 2.24) is 10.2 Å². The highest BCUT2D eigenvalue weighted by molar-refractivity contribution is 5.35. The average molecular weight is 262 g/mol. The van der Waals surface area contributed by atoms with Crippen LogP contribution in [0.5, 0.6) is 5.75 Å². The standard InChI is InChI=1S/C14H18N2O3/c17-14(12-5-7-16(12)8-6-15-14)13-9-10-3-1-2-4-11(10)18-19-13/h1-4,12-13,15,17H,5-9H2. The summed E-state index contributed by atoms with van der Waals surface area (Å²) in [5, 5.41) is 14.2. The molecule has 3 aliphatic heterocycles. The Morgan fingerprint density at radius 3 is 3.05 bits per heavy atom. The summed E-state index contributed by atoms with van der Waals surface area (Å²) in [5.41, 5.74) is 0.0785. The molecule has 5 nitrogen and oxygen atoms in total. The van der Waals surface area contributed by atoms with Crippen molar-refractivity contribution >= 4 is 0 Å². The summed E-state index contributed by atoms with van der Waals surface area (Å²) in [4.78, 5) is 13.1. The number of aliphatic hydroxyl groups is 1. The number of nitrogens with zero attached hydrogens (tertiary/aromatic N) is 1. The van der Waals surface area contributed by atoms with Gasteiger partial charge in [-0.15, -0.1) is 0 Å². The Morgan fingerprint density at radius 2 is 2.21 bits per heavy atom. The van der Waals surface area contributed by atoms with Crippen molar-refractivity contribution in [3.63, 3.8) is 0 Å². The van der Waals surface area contributed by atoms with E-state index in [1.165, 1.54) is 0 Å². The van der Waals surface area contributed by atoms with Crippen molar-refractivity contribution in [1.29, 1.82) is 0 Å². The van der Waals surface area contributed by atoms with Crippen LogP contribution in [-0.2, 0) is 11.3 Å². The molecule has 3 heterocycles. The molecule has 1 aromatic rings. The van der Waals surface area contributed by atoms with E-state index in [2.05, 4.69) is 10.2 Å². The lowest BCUT2D eigenvalue weighted by atomic mass is 9.83. The molecule has 0 bridgehead atoms. The Morgan fingerprint density at radius 1 is 1.32 bits per heavy atom. The zero-order chi connectivity index (χ0) is 12.9. The van der Waals surface area contributed by atoms with Crippen LogP contribution >= 0.6 is 0 Å². The summed E-state index contributed by atoms with van der Waals surface area (Å²) in [7, 11) is 0. The monoisotopic (exact) mass is 262 g/mol. The zero-order valence-corrected chi connectivity index (χ0v) is 10.7. The minimum absolute atomic E-state index is 0.139. The maximum absolute atomic E-state index is 11.0. The van der Waals surface area contributed by atoms with E-state index in [9.17, 15) is 5.11 Å². The second-order valence-corrected chi connectivity index (χ2v) is 5.57. The van der Waals surface area contributed by atoms with Crippen molar-refractivity contribution in [3.8, 4) is 5.75 Å². The molecule has 4 rings (SSSR count). The topological polar surface area (TPSA) is 54.0 Å².